The minimum Gasteiger partial charge on any atom is -0.451 e. The fourth-order valence-electron chi connectivity index (χ4n) is 2.13. The number of ether oxygens (including phenoxy) is 1. The van der Waals surface area contributed by atoms with Gasteiger partial charge in [0.25, 0.3) is 5.91 Å². The molecule has 2 aromatic rings. The maximum Gasteiger partial charge on any atom is 0.348 e. The molecule has 2 rings (SSSR count). The lowest BCUT2D eigenvalue weighted by molar-refractivity contribution is -0.119. The molecule has 128 valence electrons. The van der Waals surface area contributed by atoms with Gasteiger partial charge < -0.3 is 10.1 Å². The summed E-state index contributed by atoms with van der Waals surface area (Å²) in [5, 5.41) is 2.06. The third-order valence-electron chi connectivity index (χ3n) is 3.30. The third kappa shape index (κ3) is 4.38. The van der Waals surface area contributed by atoms with Gasteiger partial charge in [-0.25, -0.2) is 13.6 Å². The Kier molecular flexibility index (Phi) is 6.03. The third-order valence-corrected chi connectivity index (χ3v) is 4.38. The minimum atomic E-state index is -0.896. The predicted octanol–water partition coefficient (Wildman–Crippen LogP) is 4.08. The zero-order chi connectivity index (χ0) is 17.7. The Morgan fingerprint density at radius 1 is 1.25 bits per heavy atom. The van der Waals surface area contributed by atoms with Crippen molar-refractivity contribution in [3.05, 3.63) is 51.2 Å². The average molecular weight is 353 g/mol. The van der Waals surface area contributed by atoms with Gasteiger partial charge in [0.1, 0.15) is 22.2 Å². The molecule has 0 aliphatic rings. The number of rotatable bonds is 6. The van der Waals surface area contributed by atoms with Crippen molar-refractivity contribution in [1.82, 2.24) is 0 Å². The Balaban J connectivity index is 1.94. The minimum absolute atomic E-state index is 0.404. The number of thiophene rings is 1. The molecule has 0 bridgehead atoms. The summed E-state index contributed by atoms with van der Waals surface area (Å²) in [5.41, 5.74) is 0.517. The van der Waals surface area contributed by atoms with Crippen LogP contribution in [0.15, 0.2) is 24.3 Å². The summed E-state index contributed by atoms with van der Waals surface area (Å²) in [6, 6.07) is 4.98. The number of hydrogen-bond donors (Lipinski definition) is 1. The summed E-state index contributed by atoms with van der Waals surface area (Å²) in [6.45, 7) is 3.34. The standard InChI is InChI=1S/C17H17F2NO3S/c1-3-5-11-8-14(24-10(11)2)17(22)23-9-15(21)20-16-12(18)6-4-7-13(16)19/h4,6-8H,3,5,9H2,1-2H3,(H,20,21). The normalized spacial score (nSPS) is 10.5. The maximum atomic E-state index is 13.4. The Hall–Kier alpha value is -2.28. The summed E-state index contributed by atoms with van der Waals surface area (Å²) in [4.78, 5) is 25.1. The van der Waals surface area contributed by atoms with E-state index in [0.717, 1.165) is 35.4 Å². The van der Waals surface area contributed by atoms with Crippen molar-refractivity contribution >= 4 is 28.9 Å². The van der Waals surface area contributed by atoms with Gasteiger partial charge in [0.15, 0.2) is 6.61 Å². The highest BCUT2D eigenvalue weighted by molar-refractivity contribution is 7.14. The number of para-hydroxylation sites is 1. The SMILES string of the molecule is CCCc1cc(C(=O)OCC(=O)Nc2c(F)cccc2F)sc1C. The van der Waals surface area contributed by atoms with Gasteiger partial charge in [-0.1, -0.05) is 19.4 Å². The number of nitrogens with one attached hydrogen (secondary N) is 1. The summed E-state index contributed by atoms with van der Waals surface area (Å²) < 4.78 is 31.8. The molecule has 0 saturated heterocycles. The smallest absolute Gasteiger partial charge is 0.348 e. The van der Waals surface area contributed by atoms with Gasteiger partial charge in [-0.15, -0.1) is 11.3 Å². The van der Waals surface area contributed by atoms with E-state index < -0.39 is 35.8 Å². The summed E-state index contributed by atoms with van der Waals surface area (Å²) in [6.07, 6.45) is 1.82. The lowest BCUT2D eigenvalue weighted by Gasteiger charge is -2.07. The quantitative estimate of drug-likeness (QED) is 0.796. The summed E-state index contributed by atoms with van der Waals surface area (Å²) in [7, 11) is 0. The van der Waals surface area contributed by atoms with Gasteiger partial charge in [0.2, 0.25) is 0 Å². The van der Waals surface area contributed by atoms with E-state index in [1.807, 2.05) is 13.8 Å². The van der Waals surface area contributed by atoms with Gasteiger partial charge in [-0.2, -0.15) is 0 Å². The number of esters is 1. The molecule has 4 nitrogen and oxygen atoms in total. The van der Waals surface area contributed by atoms with Crippen LogP contribution in [0.4, 0.5) is 14.5 Å². The van der Waals surface area contributed by atoms with Crippen LogP contribution >= 0.6 is 11.3 Å². The van der Waals surface area contributed by atoms with Crippen LogP contribution < -0.4 is 5.32 Å². The molecule has 1 N–H and O–H groups in total. The molecule has 0 radical (unpaired) electrons. The molecule has 0 unspecified atom stereocenters. The lowest BCUT2D eigenvalue weighted by Crippen LogP contribution is -2.21. The van der Waals surface area contributed by atoms with Crippen molar-refractivity contribution in [2.75, 3.05) is 11.9 Å². The molecule has 24 heavy (non-hydrogen) atoms. The van der Waals surface area contributed by atoms with E-state index in [1.165, 1.54) is 17.4 Å². The molecule has 0 aliphatic heterocycles. The Bertz CT molecular complexity index is 738. The highest BCUT2D eigenvalue weighted by Crippen LogP contribution is 2.23. The Morgan fingerprint density at radius 3 is 2.54 bits per heavy atom. The molecule has 1 aromatic heterocycles. The van der Waals surface area contributed by atoms with E-state index in [9.17, 15) is 18.4 Å². The second kappa shape index (κ2) is 8.01. The van der Waals surface area contributed by atoms with E-state index in [1.54, 1.807) is 6.07 Å². The molecule has 7 heteroatoms. The first kappa shape index (κ1) is 18.1. The highest BCUT2D eigenvalue weighted by Gasteiger charge is 2.16. The molecule has 1 amide bonds. The highest BCUT2D eigenvalue weighted by atomic mass is 32.1. The fraction of sp³-hybridized carbons (Fsp3) is 0.294. The number of carbonyl (C=O) groups is 2. The Labute approximate surface area is 142 Å². The van der Waals surface area contributed by atoms with Gasteiger partial charge in [0.05, 0.1) is 0 Å². The number of amides is 1. The number of anilines is 1. The molecule has 0 atom stereocenters. The fourth-order valence-corrected chi connectivity index (χ4v) is 3.10. The van der Waals surface area contributed by atoms with Crippen LogP contribution in [-0.4, -0.2) is 18.5 Å². The molecule has 1 heterocycles. The summed E-state index contributed by atoms with van der Waals surface area (Å²) in [5.74, 6) is -3.23. The molecule has 0 saturated carbocycles. The molecule has 0 aliphatic carbocycles. The van der Waals surface area contributed by atoms with E-state index in [-0.39, 0.29) is 0 Å². The lowest BCUT2D eigenvalue weighted by atomic mass is 10.1. The zero-order valence-corrected chi connectivity index (χ0v) is 14.1. The van der Waals surface area contributed by atoms with Crippen molar-refractivity contribution in [3.63, 3.8) is 0 Å². The second-order valence-electron chi connectivity index (χ2n) is 5.16. The second-order valence-corrected chi connectivity index (χ2v) is 6.42. The molecule has 0 spiro atoms. The van der Waals surface area contributed by atoms with Crippen LogP contribution in [0.2, 0.25) is 0 Å². The van der Waals surface area contributed by atoms with Crippen molar-refractivity contribution in [2.45, 2.75) is 26.7 Å². The van der Waals surface area contributed by atoms with Crippen LogP contribution in [0.25, 0.3) is 0 Å². The number of halogens is 2. The van der Waals surface area contributed by atoms with Crippen LogP contribution in [0.3, 0.4) is 0 Å². The van der Waals surface area contributed by atoms with Gasteiger partial charge in [-0.05, 0) is 37.1 Å². The van der Waals surface area contributed by atoms with Crippen molar-refractivity contribution < 1.29 is 23.1 Å². The van der Waals surface area contributed by atoms with E-state index >= 15 is 0 Å². The van der Waals surface area contributed by atoms with Crippen LogP contribution in [0.1, 0.15) is 33.5 Å². The van der Waals surface area contributed by atoms with Crippen LogP contribution in [0.5, 0.6) is 0 Å². The first-order valence-electron chi connectivity index (χ1n) is 7.42. The number of hydrogen-bond acceptors (Lipinski definition) is 4. The van der Waals surface area contributed by atoms with Crippen molar-refractivity contribution in [2.24, 2.45) is 0 Å². The van der Waals surface area contributed by atoms with Crippen LogP contribution in [0, 0.1) is 18.6 Å². The van der Waals surface area contributed by atoms with Gasteiger partial charge >= 0.3 is 5.97 Å². The average Bonchev–Trinajstić information content (AvgIpc) is 2.90. The van der Waals surface area contributed by atoms with Gasteiger partial charge in [-0.3, -0.25) is 4.79 Å². The zero-order valence-electron chi connectivity index (χ0n) is 13.3. The maximum absolute atomic E-state index is 13.4. The number of carbonyl (C=O) groups excluding carboxylic acids is 2. The monoisotopic (exact) mass is 353 g/mol. The summed E-state index contributed by atoms with van der Waals surface area (Å²) >= 11 is 1.30. The van der Waals surface area contributed by atoms with Crippen LogP contribution in [-0.2, 0) is 16.0 Å². The predicted molar refractivity (Wildman–Crippen MR) is 88.3 cm³/mol. The largest absolute Gasteiger partial charge is 0.451 e. The first-order valence-corrected chi connectivity index (χ1v) is 8.24. The molecule has 0 fully saturated rings. The van der Waals surface area contributed by atoms with Gasteiger partial charge in [0, 0.05) is 4.88 Å². The molecule has 1 aromatic carbocycles. The van der Waals surface area contributed by atoms with Crippen molar-refractivity contribution in [3.8, 4) is 0 Å². The van der Waals surface area contributed by atoms with E-state index in [4.69, 9.17) is 4.74 Å². The topological polar surface area (TPSA) is 55.4 Å². The number of aryl methyl sites for hydroxylation is 2. The number of benzene rings is 1. The van der Waals surface area contributed by atoms with E-state index in [0.29, 0.717) is 4.88 Å². The van der Waals surface area contributed by atoms with Crippen molar-refractivity contribution in [1.29, 1.82) is 0 Å². The molecular formula is C17H17F2NO3S. The molecular weight excluding hydrogens is 336 g/mol. The first-order chi connectivity index (χ1) is 11.4. The van der Waals surface area contributed by atoms with E-state index in [2.05, 4.69) is 5.32 Å². The Morgan fingerprint density at radius 2 is 1.92 bits per heavy atom.